The molecule has 0 saturated carbocycles. The van der Waals surface area contributed by atoms with Gasteiger partial charge >= 0.3 is 8.80 Å². The second-order valence-electron chi connectivity index (χ2n) is 4.53. The van der Waals surface area contributed by atoms with Crippen LogP contribution in [0.15, 0.2) is 12.3 Å². The molecule has 0 saturated heterocycles. The summed E-state index contributed by atoms with van der Waals surface area (Å²) >= 11 is 0. The summed E-state index contributed by atoms with van der Waals surface area (Å²) in [6.07, 6.45) is 1.30. The topological polar surface area (TPSA) is 109 Å². The van der Waals surface area contributed by atoms with Crippen LogP contribution < -0.4 is 16.8 Å². The van der Waals surface area contributed by atoms with Gasteiger partial charge in [0.25, 0.3) is 5.91 Å². The van der Waals surface area contributed by atoms with Crippen LogP contribution in [0.2, 0.25) is 6.04 Å². The molecule has 0 fully saturated rings. The Balaban J connectivity index is 4.31. The smallest absolute Gasteiger partial charge is 0.377 e. The fourth-order valence-electron chi connectivity index (χ4n) is 1.70. The number of rotatable bonds is 10. The monoisotopic (exact) mass is 291 g/mol. The summed E-state index contributed by atoms with van der Waals surface area (Å²) in [7, 11) is 2.11. The Hall–Kier alpha value is -0.933. The number of hydrogen-bond donors (Lipinski definition) is 3. The number of hydrogen-bond acceptors (Lipinski definition) is 6. The number of primary amides is 1. The lowest BCUT2D eigenvalue weighted by Crippen LogP contribution is -2.52. The summed E-state index contributed by atoms with van der Waals surface area (Å²) in [5, 5.41) is 2.80. The van der Waals surface area contributed by atoms with Gasteiger partial charge in [0.05, 0.1) is 11.4 Å². The summed E-state index contributed by atoms with van der Waals surface area (Å²) in [6, 6.07) is 0.633. The number of carbonyl (C=O) groups excluding carboxylic acids is 1. The van der Waals surface area contributed by atoms with Gasteiger partial charge in [-0.05, 0) is 19.8 Å². The van der Waals surface area contributed by atoms with Crippen LogP contribution in [0.4, 0.5) is 0 Å². The van der Waals surface area contributed by atoms with Crippen molar-refractivity contribution in [3.8, 4) is 0 Å². The maximum atomic E-state index is 10.9. The zero-order chi connectivity index (χ0) is 15.1. The highest BCUT2D eigenvalue weighted by Crippen LogP contribution is 2.19. The predicted octanol–water partition coefficient (Wildman–Crippen LogP) is -0.0918. The van der Waals surface area contributed by atoms with E-state index >= 15 is 0 Å². The molecular formula is C11H25N3O4Si. The Morgan fingerprint density at radius 1 is 1.32 bits per heavy atom. The molecule has 0 rings (SSSR count). The second kappa shape index (κ2) is 7.61. The standard InChI is InChI=1S/C11H25N3O4Si/c1-9(10(12)15)14-11(2,13)7-6-8-19(16-3,17-4)18-5/h14H,1,6-8,13H2,2-5H3,(H2,12,15). The maximum Gasteiger partial charge on any atom is 0.500 e. The van der Waals surface area contributed by atoms with Crippen LogP contribution in [0.25, 0.3) is 0 Å². The fourth-order valence-corrected chi connectivity index (χ4v) is 3.42. The first-order valence-electron chi connectivity index (χ1n) is 5.93. The van der Waals surface area contributed by atoms with E-state index in [4.69, 9.17) is 24.7 Å². The average Bonchev–Trinajstić information content (AvgIpc) is 2.34. The Labute approximate surface area is 115 Å². The number of carbonyl (C=O) groups is 1. The van der Waals surface area contributed by atoms with E-state index < -0.39 is 20.4 Å². The molecule has 19 heavy (non-hydrogen) atoms. The minimum Gasteiger partial charge on any atom is -0.377 e. The van der Waals surface area contributed by atoms with Gasteiger partial charge < -0.3 is 30.1 Å². The SMILES string of the molecule is C=C(NC(C)(N)CCC[Si](OC)(OC)OC)C(N)=O. The molecule has 7 nitrogen and oxygen atoms in total. The second-order valence-corrected chi connectivity index (χ2v) is 7.62. The first-order valence-corrected chi connectivity index (χ1v) is 7.86. The molecule has 0 spiro atoms. The third-order valence-corrected chi connectivity index (χ3v) is 5.68. The summed E-state index contributed by atoms with van der Waals surface area (Å²) in [4.78, 5) is 10.9. The minimum atomic E-state index is -2.58. The summed E-state index contributed by atoms with van der Waals surface area (Å²) in [5.74, 6) is -0.619. The van der Waals surface area contributed by atoms with E-state index in [0.29, 0.717) is 18.9 Å². The normalized spacial score (nSPS) is 14.8. The minimum absolute atomic E-state index is 0.0960. The average molecular weight is 291 g/mol. The Morgan fingerprint density at radius 3 is 2.16 bits per heavy atom. The molecule has 1 unspecified atom stereocenters. The number of amides is 1. The van der Waals surface area contributed by atoms with E-state index in [1.807, 2.05) is 0 Å². The highest BCUT2D eigenvalue weighted by molar-refractivity contribution is 6.60. The molecule has 8 heteroatoms. The van der Waals surface area contributed by atoms with Crippen molar-refractivity contribution in [2.75, 3.05) is 21.3 Å². The zero-order valence-corrected chi connectivity index (χ0v) is 13.1. The molecule has 0 aliphatic rings. The molecule has 0 aliphatic heterocycles. The molecule has 1 atom stereocenters. The van der Waals surface area contributed by atoms with E-state index in [1.54, 1.807) is 28.3 Å². The third-order valence-electron chi connectivity index (χ3n) is 2.85. The van der Waals surface area contributed by atoms with Gasteiger partial charge in [0.1, 0.15) is 0 Å². The predicted molar refractivity (Wildman–Crippen MR) is 74.9 cm³/mol. The number of nitrogens with one attached hydrogen (secondary N) is 1. The Bertz CT molecular complexity index is 311. The van der Waals surface area contributed by atoms with Gasteiger partial charge in [-0.2, -0.15) is 0 Å². The van der Waals surface area contributed by atoms with Crippen LogP contribution in [0.5, 0.6) is 0 Å². The lowest BCUT2D eigenvalue weighted by molar-refractivity contribution is -0.115. The van der Waals surface area contributed by atoms with Crippen molar-refractivity contribution in [2.45, 2.75) is 31.5 Å². The van der Waals surface area contributed by atoms with Crippen LogP contribution >= 0.6 is 0 Å². The molecule has 0 aliphatic carbocycles. The first kappa shape index (κ1) is 18.1. The van der Waals surface area contributed by atoms with Crippen LogP contribution in [0.3, 0.4) is 0 Å². The molecule has 0 aromatic rings. The van der Waals surface area contributed by atoms with Crippen molar-refractivity contribution in [2.24, 2.45) is 11.5 Å². The van der Waals surface area contributed by atoms with Gasteiger partial charge in [-0.15, -0.1) is 0 Å². The van der Waals surface area contributed by atoms with Crippen molar-refractivity contribution in [3.05, 3.63) is 12.3 Å². The molecule has 0 aromatic heterocycles. The lowest BCUT2D eigenvalue weighted by atomic mass is 10.1. The first-order chi connectivity index (χ1) is 8.72. The Morgan fingerprint density at radius 2 is 1.79 bits per heavy atom. The quantitative estimate of drug-likeness (QED) is 0.295. The summed E-state index contributed by atoms with van der Waals surface area (Å²) in [6.45, 7) is 5.27. The van der Waals surface area contributed by atoms with Crippen molar-refractivity contribution < 1.29 is 18.1 Å². The molecule has 1 amide bonds. The van der Waals surface area contributed by atoms with Gasteiger partial charge in [0.15, 0.2) is 0 Å². The summed E-state index contributed by atoms with van der Waals surface area (Å²) in [5.41, 5.74) is 10.4. The van der Waals surface area contributed by atoms with Gasteiger partial charge in [-0.25, -0.2) is 0 Å². The van der Waals surface area contributed by atoms with E-state index in [2.05, 4.69) is 11.9 Å². The van der Waals surface area contributed by atoms with E-state index in [-0.39, 0.29) is 5.70 Å². The molecule has 0 radical (unpaired) electrons. The molecule has 0 bridgehead atoms. The maximum absolute atomic E-state index is 10.9. The largest absolute Gasteiger partial charge is 0.500 e. The van der Waals surface area contributed by atoms with Crippen LogP contribution in [0, 0.1) is 0 Å². The highest BCUT2D eigenvalue weighted by atomic mass is 28.4. The van der Waals surface area contributed by atoms with Crippen molar-refractivity contribution in [1.29, 1.82) is 0 Å². The van der Waals surface area contributed by atoms with E-state index in [0.717, 1.165) is 0 Å². The summed E-state index contributed by atoms with van der Waals surface area (Å²) < 4.78 is 15.9. The fraction of sp³-hybridized carbons (Fsp3) is 0.727. The van der Waals surface area contributed by atoms with E-state index in [1.165, 1.54) is 0 Å². The molecular weight excluding hydrogens is 266 g/mol. The molecule has 112 valence electrons. The number of nitrogens with two attached hydrogens (primary N) is 2. The third kappa shape index (κ3) is 6.17. The van der Waals surface area contributed by atoms with Gasteiger partial charge in [-0.3, -0.25) is 4.79 Å². The van der Waals surface area contributed by atoms with Crippen LogP contribution in [0.1, 0.15) is 19.8 Å². The van der Waals surface area contributed by atoms with Crippen LogP contribution in [-0.4, -0.2) is 41.7 Å². The molecule has 0 heterocycles. The molecule has 5 N–H and O–H groups in total. The molecule has 0 aromatic carbocycles. The zero-order valence-electron chi connectivity index (χ0n) is 12.1. The van der Waals surface area contributed by atoms with Gasteiger partial charge in [-0.1, -0.05) is 6.58 Å². The van der Waals surface area contributed by atoms with Gasteiger partial charge in [0.2, 0.25) is 0 Å². The Kier molecular flexibility index (Phi) is 7.23. The van der Waals surface area contributed by atoms with E-state index in [9.17, 15) is 4.79 Å². The van der Waals surface area contributed by atoms with Crippen molar-refractivity contribution >= 4 is 14.7 Å². The van der Waals surface area contributed by atoms with Crippen LogP contribution in [-0.2, 0) is 18.1 Å². The highest BCUT2D eigenvalue weighted by Gasteiger charge is 2.37. The van der Waals surface area contributed by atoms with Crippen molar-refractivity contribution in [1.82, 2.24) is 5.32 Å². The lowest BCUT2D eigenvalue weighted by Gasteiger charge is -2.29. The van der Waals surface area contributed by atoms with Crippen molar-refractivity contribution in [3.63, 3.8) is 0 Å². The van der Waals surface area contributed by atoms with Gasteiger partial charge in [0, 0.05) is 27.4 Å².